The minimum Gasteiger partial charge on any atom is -0.314 e. The van der Waals surface area contributed by atoms with Crippen molar-refractivity contribution in [2.24, 2.45) is 0 Å². The molecule has 0 bridgehead atoms. The number of nitrogens with zero attached hydrogens (tertiary/aromatic N) is 5. The van der Waals surface area contributed by atoms with E-state index >= 15 is 0 Å². The van der Waals surface area contributed by atoms with Crippen molar-refractivity contribution in [3.05, 3.63) is 51.2 Å². The zero-order valence-corrected chi connectivity index (χ0v) is 14.0. The number of thioether (sulfide) groups is 1. The number of thiophene rings is 1. The quantitative estimate of drug-likeness (QED) is 0.533. The Labute approximate surface area is 139 Å². The summed E-state index contributed by atoms with van der Waals surface area (Å²) in [5, 5.41) is 7.63. The molecule has 4 rings (SSSR count). The largest absolute Gasteiger partial charge is 0.314 e. The van der Waals surface area contributed by atoms with E-state index < -0.39 is 0 Å². The van der Waals surface area contributed by atoms with Crippen LogP contribution in [0.1, 0.15) is 4.88 Å². The lowest BCUT2D eigenvalue weighted by atomic mass is 10.3. The van der Waals surface area contributed by atoms with Gasteiger partial charge in [-0.2, -0.15) is 9.50 Å². The molecule has 6 nitrogen and oxygen atoms in total. The van der Waals surface area contributed by atoms with Gasteiger partial charge in [0.2, 0.25) is 5.16 Å². The molecule has 0 aliphatic heterocycles. The van der Waals surface area contributed by atoms with Gasteiger partial charge >= 0.3 is 0 Å². The average molecular weight is 343 g/mol. The second kappa shape index (κ2) is 5.78. The lowest BCUT2D eigenvalue weighted by molar-refractivity contribution is 0.679. The van der Waals surface area contributed by atoms with Gasteiger partial charge in [-0.15, -0.1) is 16.4 Å². The van der Waals surface area contributed by atoms with Gasteiger partial charge in [-0.25, -0.2) is 4.98 Å². The summed E-state index contributed by atoms with van der Waals surface area (Å²) in [5.41, 5.74) is 0.690. The van der Waals surface area contributed by atoms with Crippen LogP contribution in [-0.4, -0.2) is 30.4 Å². The number of aromatic nitrogens is 5. The third-order valence-corrected chi connectivity index (χ3v) is 5.12. The van der Waals surface area contributed by atoms with Crippen LogP contribution in [0.2, 0.25) is 0 Å². The molecular formula is C15H13N5OS2. The number of aryl methyl sites for hydroxylation is 2. The fraction of sp³-hybridized carbons (Fsp3) is 0.200. The Morgan fingerprint density at radius 3 is 3.04 bits per heavy atom. The molecule has 8 heteroatoms. The van der Waals surface area contributed by atoms with Gasteiger partial charge in [0.1, 0.15) is 0 Å². The van der Waals surface area contributed by atoms with Crippen LogP contribution in [-0.2, 0) is 13.0 Å². The third-order valence-electron chi connectivity index (χ3n) is 3.65. The van der Waals surface area contributed by atoms with Crippen LogP contribution < -0.4 is 5.56 Å². The van der Waals surface area contributed by atoms with Crippen molar-refractivity contribution in [2.45, 2.75) is 18.1 Å². The van der Waals surface area contributed by atoms with E-state index in [4.69, 9.17) is 0 Å². The minimum atomic E-state index is -0.0466. The first kappa shape index (κ1) is 14.4. The lowest BCUT2D eigenvalue weighted by Gasteiger charge is -2.06. The highest BCUT2D eigenvalue weighted by atomic mass is 32.2. The first-order valence-corrected chi connectivity index (χ1v) is 9.18. The topological polar surface area (TPSA) is 65.1 Å². The number of rotatable bonds is 4. The van der Waals surface area contributed by atoms with Crippen LogP contribution >= 0.6 is 23.1 Å². The van der Waals surface area contributed by atoms with E-state index in [-0.39, 0.29) is 5.56 Å². The van der Waals surface area contributed by atoms with Gasteiger partial charge in [0.05, 0.1) is 10.9 Å². The molecule has 0 saturated carbocycles. The van der Waals surface area contributed by atoms with E-state index in [0.717, 1.165) is 11.9 Å². The van der Waals surface area contributed by atoms with Crippen molar-refractivity contribution in [3.63, 3.8) is 0 Å². The summed E-state index contributed by atoms with van der Waals surface area (Å²) in [6, 6.07) is 6.01. The summed E-state index contributed by atoms with van der Waals surface area (Å²) >= 11 is 3.16. The highest BCUT2D eigenvalue weighted by Crippen LogP contribution is 2.15. The van der Waals surface area contributed by atoms with E-state index in [0.29, 0.717) is 22.9 Å². The van der Waals surface area contributed by atoms with Crippen LogP contribution in [0.5, 0.6) is 0 Å². The van der Waals surface area contributed by atoms with E-state index in [2.05, 4.69) is 21.1 Å². The summed E-state index contributed by atoms with van der Waals surface area (Å²) in [4.78, 5) is 22.5. The number of hydrogen-bond acceptors (Lipinski definition) is 6. The molecule has 0 atom stereocenters. The van der Waals surface area contributed by atoms with Crippen LogP contribution in [0, 0.1) is 0 Å². The molecule has 23 heavy (non-hydrogen) atoms. The fourth-order valence-corrected chi connectivity index (χ4v) is 3.52. The summed E-state index contributed by atoms with van der Waals surface area (Å²) in [6.07, 6.45) is 6.17. The van der Waals surface area contributed by atoms with Crippen molar-refractivity contribution >= 4 is 39.8 Å². The van der Waals surface area contributed by atoms with Crippen molar-refractivity contribution < 1.29 is 0 Å². The van der Waals surface area contributed by atoms with Crippen molar-refractivity contribution in [1.82, 2.24) is 24.1 Å². The molecule has 0 unspecified atom stereocenters. The average Bonchev–Trinajstić information content (AvgIpc) is 3.23. The summed E-state index contributed by atoms with van der Waals surface area (Å²) in [7, 11) is 0. The molecular weight excluding hydrogens is 330 g/mol. The normalized spacial score (nSPS) is 11.5. The van der Waals surface area contributed by atoms with E-state index in [1.165, 1.54) is 16.6 Å². The molecule has 116 valence electrons. The second-order valence-electron chi connectivity index (χ2n) is 5.01. The third kappa shape index (κ3) is 2.53. The molecule has 4 aromatic rings. The summed E-state index contributed by atoms with van der Waals surface area (Å²) in [5.74, 6) is 0.512. The van der Waals surface area contributed by atoms with Gasteiger partial charge in [0, 0.05) is 23.8 Å². The molecule has 0 N–H and O–H groups in total. The van der Waals surface area contributed by atoms with E-state index in [1.54, 1.807) is 26.6 Å². The first-order chi connectivity index (χ1) is 11.3. The van der Waals surface area contributed by atoms with Crippen molar-refractivity contribution in [3.8, 4) is 0 Å². The smallest absolute Gasteiger partial charge is 0.261 e. The highest BCUT2D eigenvalue weighted by Gasteiger charge is 2.11. The Morgan fingerprint density at radius 2 is 2.26 bits per heavy atom. The predicted molar refractivity (Wildman–Crippen MR) is 92.4 cm³/mol. The Hall–Kier alpha value is -2.19. The predicted octanol–water partition coefficient (Wildman–Crippen LogP) is 2.47. The van der Waals surface area contributed by atoms with Gasteiger partial charge in [0.25, 0.3) is 11.3 Å². The number of fused-ring (bicyclic) bond motifs is 3. The van der Waals surface area contributed by atoms with Crippen molar-refractivity contribution in [2.75, 3.05) is 6.26 Å². The van der Waals surface area contributed by atoms with Crippen molar-refractivity contribution in [1.29, 1.82) is 0 Å². The first-order valence-electron chi connectivity index (χ1n) is 7.07. The Bertz CT molecular complexity index is 1040. The zero-order valence-electron chi connectivity index (χ0n) is 12.3. The molecule has 0 spiro atoms. The standard InChI is InChI=1S/C15H13N5OS2/c1-22-15-17-14-16-9-11-12(20(14)18-15)5-7-19(13(11)21)6-4-10-3-2-8-23-10/h2-3,5,7-9H,4,6H2,1H3. The molecule has 0 fully saturated rings. The Morgan fingerprint density at radius 1 is 1.35 bits per heavy atom. The molecule has 4 heterocycles. The number of pyridine rings is 1. The maximum atomic E-state index is 12.7. The van der Waals surface area contributed by atoms with Crippen LogP contribution in [0.4, 0.5) is 0 Å². The Kier molecular flexibility index (Phi) is 3.62. The van der Waals surface area contributed by atoms with E-state index in [9.17, 15) is 4.79 Å². The summed E-state index contributed by atoms with van der Waals surface area (Å²) in [6.45, 7) is 0.654. The molecule has 0 amide bonds. The zero-order chi connectivity index (χ0) is 15.8. The molecule has 0 radical (unpaired) electrons. The Balaban J connectivity index is 1.78. The second-order valence-corrected chi connectivity index (χ2v) is 6.82. The monoisotopic (exact) mass is 343 g/mol. The molecule has 0 aromatic carbocycles. The van der Waals surface area contributed by atoms with Gasteiger partial charge in [0.15, 0.2) is 0 Å². The van der Waals surface area contributed by atoms with Crippen LogP contribution in [0.3, 0.4) is 0 Å². The maximum absolute atomic E-state index is 12.7. The van der Waals surface area contributed by atoms with Gasteiger partial charge in [-0.1, -0.05) is 17.8 Å². The molecule has 0 saturated heterocycles. The SMILES string of the molecule is CSc1nc2ncc3c(=O)n(CCc4cccs4)ccc3n2n1. The van der Waals surface area contributed by atoms with Crippen LogP contribution in [0.25, 0.3) is 16.7 Å². The molecule has 4 aromatic heterocycles. The van der Waals surface area contributed by atoms with Gasteiger partial charge in [-0.05, 0) is 30.2 Å². The maximum Gasteiger partial charge on any atom is 0.261 e. The highest BCUT2D eigenvalue weighted by molar-refractivity contribution is 7.98. The van der Waals surface area contributed by atoms with Crippen LogP contribution in [0.15, 0.2) is 45.9 Å². The molecule has 0 aliphatic rings. The summed E-state index contributed by atoms with van der Waals surface area (Å²) < 4.78 is 3.36. The minimum absolute atomic E-state index is 0.0466. The lowest BCUT2D eigenvalue weighted by Crippen LogP contribution is -2.21. The molecule has 0 aliphatic carbocycles. The van der Waals surface area contributed by atoms with Gasteiger partial charge in [-0.3, -0.25) is 4.79 Å². The number of hydrogen-bond donors (Lipinski definition) is 0. The van der Waals surface area contributed by atoms with E-state index in [1.807, 2.05) is 30.0 Å². The fourth-order valence-electron chi connectivity index (χ4n) is 2.49. The van der Waals surface area contributed by atoms with Gasteiger partial charge < -0.3 is 4.57 Å².